The van der Waals surface area contributed by atoms with E-state index in [4.69, 9.17) is 22.1 Å². The number of primary amides is 1. The third-order valence-electron chi connectivity index (χ3n) is 4.77. The molecule has 136 valence electrons. The highest BCUT2D eigenvalue weighted by Crippen LogP contribution is 2.42. The van der Waals surface area contributed by atoms with Crippen LogP contribution in [0.25, 0.3) is 0 Å². The lowest BCUT2D eigenvalue weighted by atomic mass is 9.82. The number of anilines is 1. The molecule has 1 aromatic carbocycles. The molecule has 6 nitrogen and oxygen atoms in total. The van der Waals surface area contributed by atoms with Crippen molar-refractivity contribution in [3.05, 3.63) is 51.4 Å². The lowest BCUT2D eigenvalue weighted by Gasteiger charge is -2.30. The van der Waals surface area contributed by atoms with Crippen LogP contribution in [0.4, 0.5) is 5.00 Å². The van der Waals surface area contributed by atoms with E-state index in [-0.39, 0.29) is 11.8 Å². The number of morpholine rings is 1. The average Bonchev–Trinajstić information content (AvgIpc) is 3.09. The molecule has 1 aromatic heterocycles. The molecule has 2 unspecified atom stereocenters. The Labute approximate surface area is 159 Å². The van der Waals surface area contributed by atoms with E-state index in [1.54, 1.807) is 12.1 Å². The molecule has 0 spiro atoms. The van der Waals surface area contributed by atoms with Gasteiger partial charge in [0, 0.05) is 24.0 Å². The van der Waals surface area contributed by atoms with E-state index in [1.165, 1.54) is 11.3 Å². The van der Waals surface area contributed by atoms with Gasteiger partial charge in [-0.3, -0.25) is 9.59 Å². The number of carbonyl (C=O) groups excluding carboxylic acids is 2. The summed E-state index contributed by atoms with van der Waals surface area (Å²) in [6, 6.07) is 8.52. The van der Waals surface area contributed by atoms with Crippen LogP contribution in [0.5, 0.6) is 0 Å². The van der Waals surface area contributed by atoms with Crippen LogP contribution in [0.3, 0.4) is 0 Å². The number of amides is 2. The summed E-state index contributed by atoms with van der Waals surface area (Å²) in [6.07, 6.45) is 0. The first-order chi connectivity index (χ1) is 12.5. The summed E-state index contributed by atoms with van der Waals surface area (Å²) in [5, 5.41) is 4.40. The predicted octanol–water partition coefficient (Wildman–Crippen LogP) is 1.97. The van der Waals surface area contributed by atoms with Crippen LogP contribution in [0.15, 0.2) is 30.3 Å². The Kier molecular flexibility index (Phi) is 4.60. The fourth-order valence-corrected chi connectivity index (χ4v) is 4.77. The van der Waals surface area contributed by atoms with Crippen LogP contribution < -0.4 is 16.0 Å². The van der Waals surface area contributed by atoms with Gasteiger partial charge < -0.3 is 20.7 Å². The SMILES string of the molecule is NC(=O)C1NC(=O)c2sc(N3CCOCC3)cc2C1c1ccc(Cl)cc1. The zero-order chi connectivity index (χ0) is 18.3. The van der Waals surface area contributed by atoms with Gasteiger partial charge in [0.05, 0.1) is 23.1 Å². The van der Waals surface area contributed by atoms with Gasteiger partial charge in [-0.2, -0.15) is 0 Å². The summed E-state index contributed by atoms with van der Waals surface area (Å²) in [4.78, 5) is 27.4. The molecular weight excluding hydrogens is 374 g/mol. The Morgan fingerprint density at radius 2 is 1.96 bits per heavy atom. The van der Waals surface area contributed by atoms with E-state index < -0.39 is 11.9 Å². The smallest absolute Gasteiger partial charge is 0.262 e. The number of nitrogens with zero attached hydrogens (tertiary/aromatic N) is 1. The van der Waals surface area contributed by atoms with Crippen molar-refractivity contribution in [2.75, 3.05) is 31.2 Å². The molecule has 0 radical (unpaired) electrons. The summed E-state index contributed by atoms with van der Waals surface area (Å²) in [7, 11) is 0. The van der Waals surface area contributed by atoms with Crippen molar-refractivity contribution in [2.24, 2.45) is 5.73 Å². The van der Waals surface area contributed by atoms with Gasteiger partial charge in [0.15, 0.2) is 0 Å². The predicted molar refractivity (Wildman–Crippen MR) is 101 cm³/mol. The van der Waals surface area contributed by atoms with Crippen molar-refractivity contribution in [3.8, 4) is 0 Å². The van der Waals surface area contributed by atoms with Crippen molar-refractivity contribution < 1.29 is 14.3 Å². The van der Waals surface area contributed by atoms with Crippen LogP contribution in [0.2, 0.25) is 5.02 Å². The Morgan fingerprint density at radius 3 is 2.62 bits per heavy atom. The number of fused-ring (bicyclic) bond motifs is 1. The fourth-order valence-electron chi connectivity index (χ4n) is 3.49. The minimum atomic E-state index is -0.789. The summed E-state index contributed by atoms with van der Waals surface area (Å²) >= 11 is 7.45. The normalized spacial score (nSPS) is 22.7. The van der Waals surface area contributed by atoms with Gasteiger partial charge >= 0.3 is 0 Å². The maximum Gasteiger partial charge on any atom is 0.262 e. The molecule has 1 saturated heterocycles. The third-order valence-corrected chi connectivity index (χ3v) is 6.23. The summed E-state index contributed by atoms with van der Waals surface area (Å²) in [5.41, 5.74) is 7.32. The van der Waals surface area contributed by atoms with Gasteiger partial charge in [0.1, 0.15) is 6.04 Å². The Hall–Kier alpha value is -2.09. The molecule has 26 heavy (non-hydrogen) atoms. The highest BCUT2D eigenvalue weighted by atomic mass is 35.5. The van der Waals surface area contributed by atoms with Gasteiger partial charge in [-0.1, -0.05) is 23.7 Å². The lowest BCUT2D eigenvalue weighted by Crippen LogP contribution is -2.51. The highest BCUT2D eigenvalue weighted by Gasteiger charge is 2.40. The summed E-state index contributed by atoms with van der Waals surface area (Å²) in [6.45, 7) is 2.90. The molecule has 0 aliphatic carbocycles. The number of nitrogens with one attached hydrogen (secondary N) is 1. The minimum absolute atomic E-state index is 0.251. The number of halogens is 1. The first-order valence-corrected chi connectivity index (χ1v) is 9.56. The second kappa shape index (κ2) is 6.90. The Balaban J connectivity index is 1.79. The molecule has 2 aromatic rings. The van der Waals surface area contributed by atoms with Crippen molar-refractivity contribution in [1.29, 1.82) is 0 Å². The van der Waals surface area contributed by atoms with E-state index in [2.05, 4.69) is 10.2 Å². The zero-order valence-electron chi connectivity index (χ0n) is 13.9. The second-order valence-corrected chi connectivity index (χ2v) is 7.82. The molecule has 0 bridgehead atoms. The number of rotatable bonds is 3. The molecule has 2 aliphatic heterocycles. The monoisotopic (exact) mass is 391 g/mol. The zero-order valence-corrected chi connectivity index (χ0v) is 15.5. The number of carbonyl (C=O) groups is 2. The molecule has 2 amide bonds. The van der Waals surface area contributed by atoms with Crippen LogP contribution in [0, 0.1) is 0 Å². The molecule has 3 heterocycles. The van der Waals surface area contributed by atoms with Crippen LogP contribution >= 0.6 is 22.9 Å². The maximum absolute atomic E-state index is 12.6. The van der Waals surface area contributed by atoms with E-state index in [1.807, 2.05) is 18.2 Å². The van der Waals surface area contributed by atoms with Crippen molar-refractivity contribution in [3.63, 3.8) is 0 Å². The quantitative estimate of drug-likeness (QED) is 0.837. The molecular formula is C18H18ClN3O3S. The second-order valence-electron chi connectivity index (χ2n) is 6.35. The van der Waals surface area contributed by atoms with Gasteiger partial charge in [-0.25, -0.2) is 0 Å². The number of benzene rings is 1. The van der Waals surface area contributed by atoms with E-state index in [9.17, 15) is 9.59 Å². The molecule has 4 rings (SSSR count). The Morgan fingerprint density at radius 1 is 1.27 bits per heavy atom. The topological polar surface area (TPSA) is 84.7 Å². The van der Waals surface area contributed by atoms with E-state index >= 15 is 0 Å². The lowest BCUT2D eigenvalue weighted by molar-refractivity contribution is -0.120. The van der Waals surface area contributed by atoms with Gasteiger partial charge in [-0.15, -0.1) is 11.3 Å². The number of hydrogen-bond donors (Lipinski definition) is 2. The van der Waals surface area contributed by atoms with Crippen molar-refractivity contribution in [2.45, 2.75) is 12.0 Å². The fraction of sp³-hybridized carbons (Fsp3) is 0.333. The van der Waals surface area contributed by atoms with Crippen LogP contribution in [-0.4, -0.2) is 44.2 Å². The minimum Gasteiger partial charge on any atom is -0.378 e. The first kappa shape index (κ1) is 17.3. The van der Waals surface area contributed by atoms with E-state index in [0.29, 0.717) is 23.1 Å². The van der Waals surface area contributed by atoms with Gasteiger partial charge in [0.25, 0.3) is 5.91 Å². The van der Waals surface area contributed by atoms with Crippen molar-refractivity contribution in [1.82, 2.24) is 5.32 Å². The highest BCUT2D eigenvalue weighted by molar-refractivity contribution is 7.18. The molecule has 3 N–H and O–H groups in total. The van der Waals surface area contributed by atoms with Crippen LogP contribution in [-0.2, 0) is 9.53 Å². The largest absolute Gasteiger partial charge is 0.378 e. The first-order valence-electron chi connectivity index (χ1n) is 8.36. The molecule has 2 aliphatic rings. The summed E-state index contributed by atoms with van der Waals surface area (Å²) < 4.78 is 5.40. The maximum atomic E-state index is 12.6. The molecule has 1 fully saturated rings. The standard InChI is InChI=1S/C18H18ClN3O3S/c19-11-3-1-10(2-4-11)14-12-9-13(22-5-7-25-8-6-22)26-16(12)18(24)21-15(14)17(20)23/h1-4,9,14-15H,5-8H2,(H2,20,23)(H,21,24). The summed E-state index contributed by atoms with van der Waals surface area (Å²) in [5.74, 6) is -1.13. The number of nitrogens with two attached hydrogens (primary N) is 1. The van der Waals surface area contributed by atoms with Crippen molar-refractivity contribution >= 4 is 39.8 Å². The Bertz CT molecular complexity index is 846. The molecule has 0 saturated carbocycles. The third kappa shape index (κ3) is 3.06. The van der Waals surface area contributed by atoms with Crippen LogP contribution in [0.1, 0.15) is 26.7 Å². The van der Waals surface area contributed by atoms with Gasteiger partial charge in [-0.05, 0) is 29.3 Å². The number of thiophene rings is 1. The van der Waals surface area contributed by atoms with E-state index in [0.717, 1.165) is 29.2 Å². The van der Waals surface area contributed by atoms with Gasteiger partial charge in [0.2, 0.25) is 5.91 Å². The molecule has 8 heteroatoms. The average molecular weight is 392 g/mol. The molecule has 2 atom stereocenters. The number of hydrogen-bond acceptors (Lipinski definition) is 5. The number of ether oxygens (including phenoxy) is 1.